The van der Waals surface area contributed by atoms with Crippen LogP contribution in [0.25, 0.3) is 0 Å². The minimum atomic E-state index is -0.384. The zero-order valence-electron chi connectivity index (χ0n) is 16.4. The predicted molar refractivity (Wildman–Crippen MR) is 115 cm³/mol. The topological polar surface area (TPSA) is 56.5 Å². The Kier molecular flexibility index (Phi) is 6.07. The molecule has 1 aromatic carbocycles. The molecule has 0 fully saturated rings. The van der Waals surface area contributed by atoms with E-state index < -0.39 is 0 Å². The van der Waals surface area contributed by atoms with Crippen molar-refractivity contribution < 1.29 is 9.53 Å². The van der Waals surface area contributed by atoms with Crippen LogP contribution in [0.4, 0.5) is 0 Å². The van der Waals surface area contributed by atoms with Crippen molar-refractivity contribution in [2.75, 3.05) is 7.11 Å². The highest BCUT2D eigenvalue weighted by molar-refractivity contribution is 7.09. The highest BCUT2D eigenvalue weighted by Crippen LogP contribution is 2.26. The maximum absolute atomic E-state index is 12.9. The first kappa shape index (κ1) is 20.8. The van der Waals surface area contributed by atoms with E-state index in [9.17, 15) is 4.79 Å². The van der Waals surface area contributed by atoms with Gasteiger partial charge in [0.05, 0.1) is 29.9 Å². The summed E-state index contributed by atoms with van der Waals surface area (Å²) in [5.74, 6) is 0.0669. The van der Waals surface area contributed by atoms with Crippen molar-refractivity contribution in [1.82, 2.24) is 9.55 Å². The largest absolute Gasteiger partial charge is 0.496 e. The maximum Gasteiger partial charge on any atom is 0.283 e. The summed E-state index contributed by atoms with van der Waals surface area (Å²) in [6.45, 7) is 8.97. The van der Waals surface area contributed by atoms with Gasteiger partial charge in [-0.25, -0.2) is 4.98 Å². The van der Waals surface area contributed by atoms with E-state index in [0.717, 1.165) is 15.6 Å². The molecular formula is C20H22ClN3O2S2. The predicted octanol–water partition coefficient (Wildman–Crippen LogP) is 5.06. The Balaban J connectivity index is 2.07. The number of methoxy groups -OCH3 is 1. The molecule has 3 aromatic rings. The number of halogens is 1. The van der Waals surface area contributed by atoms with Crippen molar-refractivity contribution in [3.63, 3.8) is 0 Å². The lowest BCUT2D eigenvalue weighted by Gasteiger charge is -2.14. The van der Waals surface area contributed by atoms with E-state index in [1.165, 1.54) is 18.4 Å². The van der Waals surface area contributed by atoms with E-state index in [1.54, 1.807) is 29.5 Å². The minimum Gasteiger partial charge on any atom is -0.496 e. The van der Waals surface area contributed by atoms with Crippen molar-refractivity contribution in [2.45, 2.75) is 39.7 Å². The van der Waals surface area contributed by atoms with Crippen molar-refractivity contribution in [3.8, 4) is 5.75 Å². The van der Waals surface area contributed by atoms with E-state index in [4.69, 9.17) is 16.3 Å². The minimum absolute atomic E-state index is 0.0467. The van der Waals surface area contributed by atoms with Gasteiger partial charge in [0.1, 0.15) is 5.75 Å². The number of carbonyl (C=O) groups excluding carboxylic acids is 1. The van der Waals surface area contributed by atoms with Crippen LogP contribution in [0.3, 0.4) is 0 Å². The summed E-state index contributed by atoms with van der Waals surface area (Å²) in [4.78, 5) is 23.6. The van der Waals surface area contributed by atoms with Gasteiger partial charge in [0.2, 0.25) is 0 Å². The fourth-order valence-electron chi connectivity index (χ4n) is 2.58. The number of hydrogen-bond acceptors (Lipinski definition) is 5. The molecule has 28 heavy (non-hydrogen) atoms. The first-order valence-corrected chi connectivity index (χ1v) is 10.8. The van der Waals surface area contributed by atoms with Gasteiger partial charge in [0, 0.05) is 21.5 Å². The summed E-state index contributed by atoms with van der Waals surface area (Å²) in [7, 11) is 1.52. The molecule has 0 saturated heterocycles. The van der Waals surface area contributed by atoms with E-state index in [1.807, 2.05) is 16.9 Å². The van der Waals surface area contributed by atoms with Gasteiger partial charge in [-0.05, 0) is 30.5 Å². The fraction of sp³-hybridized carbons (Fsp3) is 0.350. The quantitative estimate of drug-likeness (QED) is 0.575. The first-order chi connectivity index (χ1) is 13.2. The van der Waals surface area contributed by atoms with Crippen LogP contribution in [-0.2, 0) is 12.0 Å². The molecule has 2 aromatic heterocycles. The summed E-state index contributed by atoms with van der Waals surface area (Å²) in [6.07, 6.45) is 2.06. The number of rotatable bonds is 4. The molecule has 2 heterocycles. The van der Waals surface area contributed by atoms with Crippen molar-refractivity contribution in [1.29, 1.82) is 0 Å². The van der Waals surface area contributed by atoms with Gasteiger partial charge in [0.15, 0.2) is 4.80 Å². The number of carbonyl (C=O) groups is 1. The molecule has 0 N–H and O–H groups in total. The SMILES string of the molecule is COc1ccc(Cl)cc1C(=O)/N=c1\sc(C(C)(C)C)cn1Cc1csc(C)n1. The second-order valence-electron chi connectivity index (χ2n) is 7.38. The molecule has 148 valence electrons. The summed E-state index contributed by atoms with van der Waals surface area (Å²) in [5.41, 5.74) is 1.25. The molecule has 0 radical (unpaired) electrons. The number of hydrogen-bond donors (Lipinski definition) is 0. The Labute approximate surface area is 177 Å². The van der Waals surface area contributed by atoms with Gasteiger partial charge in [-0.15, -0.1) is 22.7 Å². The lowest BCUT2D eigenvalue weighted by Crippen LogP contribution is -2.17. The summed E-state index contributed by atoms with van der Waals surface area (Å²) in [6, 6.07) is 4.94. The molecule has 0 aliphatic heterocycles. The fourth-order valence-corrected chi connectivity index (χ4v) is 4.40. The monoisotopic (exact) mass is 435 g/mol. The van der Waals surface area contributed by atoms with Gasteiger partial charge in [-0.2, -0.15) is 4.99 Å². The molecule has 5 nitrogen and oxygen atoms in total. The van der Waals surface area contributed by atoms with Crippen LogP contribution < -0.4 is 9.54 Å². The molecule has 0 spiro atoms. The molecule has 0 saturated carbocycles. The van der Waals surface area contributed by atoms with Crippen LogP contribution in [0, 0.1) is 6.92 Å². The van der Waals surface area contributed by atoms with Crippen LogP contribution in [-0.4, -0.2) is 22.6 Å². The molecule has 0 atom stereocenters. The standard InChI is InChI=1S/C20H22ClN3O2S2/c1-12-22-14(11-27-12)9-24-10-17(20(2,3)4)28-19(24)23-18(25)15-8-13(21)6-7-16(15)26-5/h6-8,10-11H,9H2,1-5H3/b23-19-. The summed E-state index contributed by atoms with van der Waals surface area (Å²) >= 11 is 9.19. The van der Waals surface area contributed by atoms with E-state index >= 15 is 0 Å². The molecule has 0 aliphatic carbocycles. The number of thiazole rings is 2. The van der Waals surface area contributed by atoms with E-state index in [-0.39, 0.29) is 11.3 Å². The van der Waals surface area contributed by atoms with Gasteiger partial charge in [0.25, 0.3) is 5.91 Å². The zero-order valence-corrected chi connectivity index (χ0v) is 18.8. The molecule has 1 amide bonds. The molecule has 0 unspecified atom stereocenters. The second kappa shape index (κ2) is 8.19. The average Bonchev–Trinajstić information content (AvgIpc) is 3.21. The van der Waals surface area contributed by atoms with Crippen LogP contribution in [0.15, 0.2) is 34.8 Å². The van der Waals surface area contributed by atoms with Gasteiger partial charge in [-0.1, -0.05) is 32.4 Å². The van der Waals surface area contributed by atoms with Gasteiger partial charge < -0.3 is 9.30 Å². The number of amides is 1. The summed E-state index contributed by atoms with van der Waals surface area (Å²) in [5, 5.41) is 3.51. The number of aryl methyl sites for hydroxylation is 1. The lowest BCUT2D eigenvalue weighted by molar-refractivity contribution is 0.0995. The van der Waals surface area contributed by atoms with Gasteiger partial charge >= 0.3 is 0 Å². The van der Waals surface area contributed by atoms with Crippen LogP contribution in [0.2, 0.25) is 5.02 Å². The van der Waals surface area contributed by atoms with Gasteiger partial charge in [-0.3, -0.25) is 4.79 Å². The number of benzene rings is 1. The first-order valence-electron chi connectivity index (χ1n) is 8.71. The van der Waals surface area contributed by atoms with Crippen LogP contribution in [0.5, 0.6) is 5.75 Å². The Morgan fingerprint density at radius 3 is 2.71 bits per heavy atom. The molecule has 3 rings (SSSR count). The lowest BCUT2D eigenvalue weighted by atomic mass is 9.95. The number of nitrogens with zero attached hydrogens (tertiary/aromatic N) is 3. The third-order valence-electron chi connectivity index (χ3n) is 4.05. The van der Waals surface area contributed by atoms with Crippen molar-refractivity contribution >= 4 is 40.2 Å². The Hall–Kier alpha value is -1.96. The number of aromatic nitrogens is 2. The molecule has 0 bridgehead atoms. The van der Waals surface area contributed by atoms with E-state index in [2.05, 4.69) is 36.9 Å². The van der Waals surface area contributed by atoms with Crippen LogP contribution >= 0.6 is 34.3 Å². The third kappa shape index (κ3) is 4.71. The normalized spacial score (nSPS) is 12.4. The smallest absolute Gasteiger partial charge is 0.283 e. The highest BCUT2D eigenvalue weighted by Gasteiger charge is 2.19. The third-order valence-corrected chi connectivity index (χ3v) is 6.55. The van der Waals surface area contributed by atoms with Crippen LogP contribution in [0.1, 0.15) is 46.7 Å². The van der Waals surface area contributed by atoms with E-state index in [0.29, 0.717) is 27.7 Å². The summed E-state index contributed by atoms with van der Waals surface area (Å²) < 4.78 is 7.28. The zero-order chi connectivity index (χ0) is 20.5. The molecular weight excluding hydrogens is 414 g/mol. The Morgan fingerprint density at radius 2 is 2.11 bits per heavy atom. The molecule has 0 aliphatic rings. The maximum atomic E-state index is 12.9. The second-order valence-corrected chi connectivity index (χ2v) is 9.88. The van der Waals surface area contributed by atoms with Crippen molar-refractivity contribution in [3.05, 3.63) is 60.7 Å². The Morgan fingerprint density at radius 1 is 1.36 bits per heavy atom. The average molecular weight is 436 g/mol. The Bertz CT molecular complexity index is 1070. The van der Waals surface area contributed by atoms with Crippen molar-refractivity contribution in [2.24, 2.45) is 4.99 Å². The highest BCUT2D eigenvalue weighted by atomic mass is 35.5. The molecule has 8 heteroatoms. The number of ether oxygens (including phenoxy) is 1.